The number of fused-ring (bicyclic) bond motifs is 1. The average molecular weight is 400 g/mol. The van der Waals surface area contributed by atoms with E-state index in [0.29, 0.717) is 12.6 Å². The second-order valence-electron chi connectivity index (χ2n) is 7.89. The molecule has 0 unspecified atom stereocenters. The predicted molar refractivity (Wildman–Crippen MR) is 118 cm³/mol. The maximum absolute atomic E-state index is 9.67. The van der Waals surface area contributed by atoms with E-state index in [9.17, 15) is 5.11 Å². The molecule has 1 aromatic heterocycles. The summed E-state index contributed by atoms with van der Waals surface area (Å²) < 4.78 is 5.86. The number of aliphatic imine (C=N–C) groups is 1. The molecule has 0 spiro atoms. The predicted octanol–water partition coefficient (Wildman–Crippen LogP) is 3.85. The van der Waals surface area contributed by atoms with Gasteiger partial charge in [0.25, 0.3) is 0 Å². The number of rotatable bonds is 5. The summed E-state index contributed by atoms with van der Waals surface area (Å²) in [6.07, 6.45) is 8.92. The van der Waals surface area contributed by atoms with Gasteiger partial charge in [0.2, 0.25) is 0 Å². The molecule has 1 fully saturated rings. The first-order valence-electron chi connectivity index (χ1n) is 10.4. The minimum atomic E-state index is -0.134. The van der Waals surface area contributed by atoms with Crippen molar-refractivity contribution in [2.45, 2.75) is 25.5 Å². The van der Waals surface area contributed by atoms with Crippen LogP contribution < -0.4 is 4.74 Å². The van der Waals surface area contributed by atoms with Crippen LogP contribution in [0.2, 0.25) is 0 Å². The molecule has 1 saturated heterocycles. The Labute approximate surface area is 175 Å². The summed E-state index contributed by atoms with van der Waals surface area (Å²) in [5.41, 5.74) is 3.37. The summed E-state index contributed by atoms with van der Waals surface area (Å²) in [7, 11) is 0. The fraction of sp³-hybridized carbons (Fsp3) is 0.292. The fourth-order valence-electron chi connectivity index (χ4n) is 3.94. The lowest BCUT2D eigenvalue weighted by Gasteiger charge is -2.29. The highest BCUT2D eigenvalue weighted by Crippen LogP contribution is 2.26. The molecule has 3 aromatic rings. The molecule has 1 N–H and O–H groups in total. The quantitative estimate of drug-likeness (QED) is 0.704. The van der Waals surface area contributed by atoms with E-state index >= 15 is 0 Å². The Morgan fingerprint density at radius 1 is 1.00 bits per heavy atom. The first-order chi connectivity index (χ1) is 14.7. The molecule has 6 nitrogen and oxygen atoms in total. The molecule has 0 aliphatic carbocycles. The van der Waals surface area contributed by atoms with Crippen LogP contribution in [-0.4, -0.2) is 51.9 Å². The van der Waals surface area contributed by atoms with Crippen molar-refractivity contribution in [3.05, 3.63) is 66.0 Å². The summed E-state index contributed by atoms with van der Waals surface area (Å²) in [5, 5.41) is 12.0. The minimum absolute atomic E-state index is 0.134. The van der Waals surface area contributed by atoms with E-state index in [1.165, 1.54) is 10.9 Å². The number of aliphatic hydroxyl groups excluding tert-OH is 1. The van der Waals surface area contributed by atoms with Crippen LogP contribution in [0.4, 0.5) is 0 Å². The first kappa shape index (κ1) is 18.9. The van der Waals surface area contributed by atoms with E-state index in [4.69, 9.17) is 4.74 Å². The number of hydrogen-bond acceptors (Lipinski definition) is 6. The van der Waals surface area contributed by atoms with Crippen molar-refractivity contribution < 1.29 is 9.84 Å². The van der Waals surface area contributed by atoms with E-state index in [0.717, 1.165) is 54.7 Å². The molecule has 152 valence electrons. The van der Waals surface area contributed by atoms with Crippen LogP contribution in [0.1, 0.15) is 24.0 Å². The molecule has 6 heteroatoms. The van der Waals surface area contributed by atoms with Crippen LogP contribution in [0.5, 0.6) is 11.8 Å². The second-order valence-corrected chi connectivity index (χ2v) is 7.89. The van der Waals surface area contributed by atoms with Gasteiger partial charge in [-0.25, -0.2) is 9.97 Å². The van der Waals surface area contributed by atoms with Gasteiger partial charge in [0.05, 0.1) is 12.6 Å². The standard InChI is InChI=1S/C24H24N4O2/c29-22-6-9-28(10-7-22)16-17-1-2-19-12-23(4-3-18(19)11-17)30-24-26-14-21(15-27-24)20-5-8-25-13-20/h1-5,8,11-12,14-15,22,29H,6-7,9-10,13,16H2. The Balaban J connectivity index is 1.27. The van der Waals surface area contributed by atoms with Gasteiger partial charge in [-0.3, -0.25) is 9.89 Å². The van der Waals surface area contributed by atoms with Gasteiger partial charge < -0.3 is 9.84 Å². The Morgan fingerprint density at radius 2 is 1.77 bits per heavy atom. The zero-order chi connectivity index (χ0) is 20.3. The highest BCUT2D eigenvalue weighted by molar-refractivity contribution is 5.89. The molecule has 2 aromatic carbocycles. The minimum Gasteiger partial charge on any atom is -0.424 e. The molecular formula is C24H24N4O2. The average Bonchev–Trinajstić information content (AvgIpc) is 3.31. The third-order valence-corrected chi connectivity index (χ3v) is 5.69. The Kier molecular flexibility index (Phi) is 5.26. The molecule has 0 radical (unpaired) electrons. The molecule has 0 atom stereocenters. The zero-order valence-electron chi connectivity index (χ0n) is 16.7. The van der Waals surface area contributed by atoms with Crippen molar-refractivity contribution >= 4 is 22.6 Å². The SMILES string of the molecule is OC1CCN(Cc2ccc3cc(Oc4ncc(C5=CC=NC5)cn4)ccc3c2)CC1. The van der Waals surface area contributed by atoms with E-state index in [2.05, 4.69) is 44.1 Å². The largest absolute Gasteiger partial charge is 0.424 e. The third-order valence-electron chi connectivity index (χ3n) is 5.69. The van der Waals surface area contributed by atoms with Crippen molar-refractivity contribution in [2.24, 2.45) is 4.99 Å². The highest BCUT2D eigenvalue weighted by atomic mass is 16.5. The normalized spacial score (nSPS) is 17.4. The van der Waals surface area contributed by atoms with Crippen molar-refractivity contribution in [1.82, 2.24) is 14.9 Å². The van der Waals surface area contributed by atoms with E-state index in [-0.39, 0.29) is 6.10 Å². The van der Waals surface area contributed by atoms with Gasteiger partial charge in [-0.15, -0.1) is 0 Å². The van der Waals surface area contributed by atoms with Crippen LogP contribution in [0.3, 0.4) is 0 Å². The van der Waals surface area contributed by atoms with Gasteiger partial charge in [0.15, 0.2) is 0 Å². The van der Waals surface area contributed by atoms with Crippen LogP contribution in [0, 0.1) is 0 Å². The molecule has 2 aliphatic rings. The van der Waals surface area contributed by atoms with Crippen LogP contribution >= 0.6 is 0 Å². The number of nitrogens with zero attached hydrogens (tertiary/aromatic N) is 4. The van der Waals surface area contributed by atoms with Crippen LogP contribution in [0.15, 0.2) is 59.9 Å². The van der Waals surface area contributed by atoms with E-state index in [1.54, 1.807) is 18.6 Å². The summed E-state index contributed by atoms with van der Waals surface area (Å²) in [6, 6.07) is 12.9. The molecular weight excluding hydrogens is 376 g/mol. The summed E-state index contributed by atoms with van der Waals surface area (Å²) in [5.74, 6) is 0.719. The highest BCUT2D eigenvalue weighted by Gasteiger charge is 2.17. The number of likely N-dealkylation sites (tertiary alicyclic amines) is 1. The van der Waals surface area contributed by atoms with E-state index in [1.807, 2.05) is 18.2 Å². The number of aromatic nitrogens is 2. The summed E-state index contributed by atoms with van der Waals surface area (Å²) in [4.78, 5) is 15.2. The molecule has 0 amide bonds. The van der Waals surface area contributed by atoms with Crippen LogP contribution in [0.25, 0.3) is 16.3 Å². The van der Waals surface area contributed by atoms with Gasteiger partial charge in [0.1, 0.15) is 5.75 Å². The number of hydrogen-bond donors (Lipinski definition) is 1. The maximum Gasteiger partial charge on any atom is 0.321 e. The Hall–Kier alpha value is -3.09. The smallest absolute Gasteiger partial charge is 0.321 e. The number of aliphatic hydroxyl groups is 1. The summed E-state index contributed by atoms with van der Waals surface area (Å²) in [6.45, 7) is 3.50. The van der Waals surface area contributed by atoms with Crippen LogP contribution in [-0.2, 0) is 6.54 Å². The van der Waals surface area contributed by atoms with Gasteiger partial charge in [0, 0.05) is 43.8 Å². The van der Waals surface area contributed by atoms with Crippen molar-refractivity contribution in [3.63, 3.8) is 0 Å². The molecule has 0 saturated carbocycles. The summed E-state index contributed by atoms with van der Waals surface area (Å²) >= 11 is 0. The van der Waals surface area contributed by atoms with Crippen molar-refractivity contribution in [2.75, 3.05) is 19.6 Å². The second kappa shape index (κ2) is 8.34. The zero-order valence-corrected chi connectivity index (χ0v) is 16.7. The lowest BCUT2D eigenvalue weighted by Crippen LogP contribution is -2.35. The van der Waals surface area contributed by atoms with Gasteiger partial charge in [-0.2, -0.15) is 0 Å². The Bertz CT molecular complexity index is 1100. The van der Waals surface area contributed by atoms with Crippen molar-refractivity contribution in [1.29, 1.82) is 0 Å². The van der Waals surface area contributed by atoms with Gasteiger partial charge in [-0.1, -0.05) is 18.2 Å². The van der Waals surface area contributed by atoms with E-state index < -0.39 is 0 Å². The lowest BCUT2D eigenvalue weighted by molar-refractivity contribution is 0.0792. The number of benzene rings is 2. The Morgan fingerprint density at radius 3 is 2.53 bits per heavy atom. The van der Waals surface area contributed by atoms with Crippen molar-refractivity contribution in [3.8, 4) is 11.8 Å². The first-order valence-corrected chi connectivity index (χ1v) is 10.4. The van der Waals surface area contributed by atoms with Gasteiger partial charge >= 0.3 is 6.01 Å². The monoisotopic (exact) mass is 400 g/mol. The molecule has 2 aliphatic heterocycles. The molecule has 0 bridgehead atoms. The fourth-order valence-corrected chi connectivity index (χ4v) is 3.94. The molecule has 3 heterocycles. The topological polar surface area (TPSA) is 70.8 Å². The molecule has 5 rings (SSSR count). The number of ether oxygens (including phenoxy) is 1. The number of allylic oxidation sites excluding steroid dienone is 1. The lowest BCUT2D eigenvalue weighted by atomic mass is 10.0. The molecule has 30 heavy (non-hydrogen) atoms. The van der Waals surface area contributed by atoms with Gasteiger partial charge in [-0.05, 0) is 59.0 Å². The number of piperidine rings is 1. The maximum atomic E-state index is 9.67. The third kappa shape index (κ3) is 4.25.